The predicted molar refractivity (Wildman–Crippen MR) is 118 cm³/mol. The first-order valence-electron chi connectivity index (χ1n) is 9.35. The second kappa shape index (κ2) is 10.3. The lowest BCUT2D eigenvalue weighted by molar-refractivity contribution is -0.122. The van der Waals surface area contributed by atoms with Crippen LogP contribution in [0.3, 0.4) is 0 Å². The quantitative estimate of drug-likeness (QED) is 0.645. The SMILES string of the molecule is CSc1ccccc1NC(=O)CN(C)[C@@H](C)C(=O)Nc1ccc(C(C)C)cc1. The maximum atomic E-state index is 12.5. The van der Waals surface area contributed by atoms with E-state index in [9.17, 15) is 9.59 Å². The van der Waals surface area contributed by atoms with E-state index in [1.165, 1.54) is 5.56 Å². The molecule has 2 aromatic rings. The lowest BCUT2D eigenvalue weighted by Crippen LogP contribution is -2.43. The van der Waals surface area contributed by atoms with E-state index >= 15 is 0 Å². The molecule has 0 bridgehead atoms. The van der Waals surface area contributed by atoms with Crippen LogP contribution in [0.1, 0.15) is 32.3 Å². The summed E-state index contributed by atoms with van der Waals surface area (Å²) in [6.07, 6.45) is 1.97. The number of nitrogens with one attached hydrogen (secondary N) is 2. The van der Waals surface area contributed by atoms with Crippen LogP contribution in [-0.4, -0.2) is 42.6 Å². The number of hydrogen-bond donors (Lipinski definition) is 2. The molecule has 28 heavy (non-hydrogen) atoms. The second-order valence-electron chi connectivity index (χ2n) is 7.11. The van der Waals surface area contributed by atoms with Crippen molar-refractivity contribution < 1.29 is 9.59 Å². The van der Waals surface area contributed by atoms with E-state index in [1.807, 2.05) is 54.8 Å². The zero-order chi connectivity index (χ0) is 20.7. The smallest absolute Gasteiger partial charge is 0.241 e. The van der Waals surface area contributed by atoms with E-state index in [-0.39, 0.29) is 18.4 Å². The molecule has 150 valence electrons. The summed E-state index contributed by atoms with van der Waals surface area (Å²) in [7, 11) is 1.77. The molecule has 0 aliphatic heterocycles. The van der Waals surface area contributed by atoms with Gasteiger partial charge in [-0.05, 0) is 56.0 Å². The molecule has 0 aromatic heterocycles. The van der Waals surface area contributed by atoms with Crippen LogP contribution in [-0.2, 0) is 9.59 Å². The Morgan fingerprint density at radius 1 is 1.00 bits per heavy atom. The highest BCUT2D eigenvalue weighted by Crippen LogP contribution is 2.24. The van der Waals surface area contributed by atoms with Gasteiger partial charge in [-0.1, -0.05) is 38.1 Å². The highest BCUT2D eigenvalue weighted by Gasteiger charge is 2.20. The average molecular weight is 400 g/mol. The molecule has 0 fully saturated rings. The van der Waals surface area contributed by atoms with Gasteiger partial charge in [-0.3, -0.25) is 14.5 Å². The van der Waals surface area contributed by atoms with Crippen LogP contribution in [0.4, 0.5) is 11.4 Å². The van der Waals surface area contributed by atoms with Crippen LogP contribution < -0.4 is 10.6 Å². The summed E-state index contributed by atoms with van der Waals surface area (Å²) in [5.74, 6) is 0.159. The highest BCUT2D eigenvalue weighted by atomic mass is 32.2. The number of para-hydroxylation sites is 1. The molecule has 0 aliphatic carbocycles. The highest BCUT2D eigenvalue weighted by molar-refractivity contribution is 7.98. The van der Waals surface area contributed by atoms with Crippen LogP contribution in [0.5, 0.6) is 0 Å². The monoisotopic (exact) mass is 399 g/mol. The first-order chi connectivity index (χ1) is 13.3. The fourth-order valence-electron chi connectivity index (χ4n) is 2.70. The van der Waals surface area contributed by atoms with E-state index in [0.717, 1.165) is 16.3 Å². The van der Waals surface area contributed by atoms with Crippen molar-refractivity contribution in [2.45, 2.75) is 37.6 Å². The summed E-state index contributed by atoms with van der Waals surface area (Å²) in [5.41, 5.74) is 2.77. The summed E-state index contributed by atoms with van der Waals surface area (Å²) in [6.45, 7) is 6.19. The van der Waals surface area contributed by atoms with E-state index in [1.54, 1.807) is 30.6 Å². The largest absolute Gasteiger partial charge is 0.325 e. The van der Waals surface area contributed by atoms with Crippen LogP contribution in [0.2, 0.25) is 0 Å². The molecule has 6 heteroatoms. The van der Waals surface area contributed by atoms with Crippen LogP contribution in [0.15, 0.2) is 53.4 Å². The molecule has 0 spiro atoms. The minimum absolute atomic E-state index is 0.129. The summed E-state index contributed by atoms with van der Waals surface area (Å²) < 4.78 is 0. The van der Waals surface area contributed by atoms with Crippen LogP contribution in [0.25, 0.3) is 0 Å². The number of likely N-dealkylation sites (N-methyl/N-ethyl adjacent to an activating group) is 1. The molecule has 1 atom stereocenters. The third kappa shape index (κ3) is 6.11. The first-order valence-corrected chi connectivity index (χ1v) is 10.6. The van der Waals surface area contributed by atoms with Crippen molar-refractivity contribution in [2.75, 3.05) is 30.5 Å². The van der Waals surface area contributed by atoms with Gasteiger partial charge < -0.3 is 10.6 Å². The number of anilines is 2. The fraction of sp³-hybridized carbons (Fsp3) is 0.364. The topological polar surface area (TPSA) is 61.4 Å². The summed E-state index contributed by atoms with van der Waals surface area (Å²) in [4.78, 5) is 27.6. The molecule has 2 rings (SSSR count). The molecule has 2 amide bonds. The van der Waals surface area contributed by atoms with Gasteiger partial charge in [0.15, 0.2) is 0 Å². The lowest BCUT2D eigenvalue weighted by atomic mass is 10.0. The maximum absolute atomic E-state index is 12.5. The molecule has 0 heterocycles. The standard InChI is InChI=1S/C22H29N3O2S/c1-15(2)17-10-12-18(13-11-17)23-22(27)16(3)25(4)14-21(26)24-19-8-6-7-9-20(19)28-5/h6-13,15-16H,14H2,1-5H3,(H,23,27)(H,24,26)/t16-/m0/s1. The zero-order valence-electron chi connectivity index (χ0n) is 17.2. The molecule has 5 nitrogen and oxygen atoms in total. The Kier molecular flexibility index (Phi) is 8.08. The summed E-state index contributed by atoms with van der Waals surface area (Å²) >= 11 is 1.58. The third-order valence-electron chi connectivity index (χ3n) is 4.66. The van der Waals surface area contributed by atoms with Gasteiger partial charge in [-0.2, -0.15) is 0 Å². The normalized spacial score (nSPS) is 12.1. The molecule has 2 aromatic carbocycles. The zero-order valence-corrected chi connectivity index (χ0v) is 18.0. The van der Waals surface area contributed by atoms with Crippen LogP contribution >= 0.6 is 11.8 Å². The Morgan fingerprint density at radius 2 is 1.64 bits per heavy atom. The van der Waals surface area contributed by atoms with Gasteiger partial charge in [-0.15, -0.1) is 11.8 Å². The number of nitrogens with zero attached hydrogens (tertiary/aromatic N) is 1. The molecular formula is C22H29N3O2S. The van der Waals surface area contributed by atoms with Crippen molar-refractivity contribution in [2.24, 2.45) is 0 Å². The Labute approximate surface area is 171 Å². The minimum Gasteiger partial charge on any atom is -0.325 e. The van der Waals surface area contributed by atoms with Gasteiger partial charge in [0, 0.05) is 10.6 Å². The fourth-order valence-corrected chi connectivity index (χ4v) is 3.25. The molecule has 0 saturated carbocycles. The molecule has 0 unspecified atom stereocenters. The van der Waals surface area contributed by atoms with Crippen molar-refractivity contribution in [1.29, 1.82) is 0 Å². The van der Waals surface area contributed by atoms with Gasteiger partial charge >= 0.3 is 0 Å². The van der Waals surface area contributed by atoms with Gasteiger partial charge in [0.1, 0.15) is 0 Å². The Balaban J connectivity index is 1.90. The van der Waals surface area contributed by atoms with Crippen molar-refractivity contribution in [3.8, 4) is 0 Å². The number of thioether (sulfide) groups is 1. The number of benzene rings is 2. The predicted octanol–water partition coefficient (Wildman–Crippen LogP) is 4.43. The second-order valence-corrected chi connectivity index (χ2v) is 7.95. The first kappa shape index (κ1) is 22.0. The Bertz CT molecular complexity index is 806. The maximum Gasteiger partial charge on any atom is 0.241 e. The summed E-state index contributed by atoms with van der Waals surface area (Å²) in [6, 6.07) is 15.1. The number of carbonyl (C=O) groups is 2. The lowest BCUT2D eigenvalue weighted by Gasteiger charge is -2.23. The van der Waals surface area contributed by atoms with Crippen molar-refractivity contribution in [1.82, 2.24) is 4.90 Å². The number of carbonyl (C=O) groups excluding carboxylic acids is 2. The van der Waals surface area contributed by atoms with E-state index < -0.39 is 6.04 Å². The van der Waals surface area contributed by atoms with Crippen molar-refractivity contribution >= 4 is 35.0 Å². The molecular weight excluding hydrogens is 370 g/mol. The molecule has 0 saturated heterocycles. The molecule has 0 radical (unpaired) electrons. The number of amides is 2. The van der Waals surface area contributed by atoms with Gasteiger partial charge in [0.2, 0.25) is 11.8 Å². The van der Waals surface area contributed by atoms with Crippen LogP contribution in [0, 0.1) is 0 Å². The number of rotatable bonds is 8. The van der Waals surface area contributed by atoms with E-state index in [4.69, 9.17) is 0 Å². The molecule has 2 N–H and O–H groups in total. The Morgan fingerprint density at radius 3 is 2.25 bits per heavy atom. The minimum atomic E-state index is -0.439. The van der Waals surface area contributed by atoms with Crippen molar-refractivity contribution in [3.05, 3.63) is 54.1 Å². The molecule has 0 aliphatic rings. The third-order valence-corrected chi connectivity index (χ3v) is 5.46. The summed E-state index contributed by atoms with van der Waals surface area (Å²) in [5, 5.41) is 5.83. The van der Waals surface area contributed by atoms with Crippen molar-refractivity contribution in [3.63, 3.8) is 0 Å². The Hall–Kier alpha value is -2.31. The average Bonchev–Trinajstić information content (AvgIpc) is 2.68. The van der Waals surface area contributed by atoms with Gasteiger partial charge in [-0.25, -0.2) is 0 Å². The van der Waals surface area contributed by atoms with Gasteiger partial charge in [0.05, 0.1) is 18.3 Å². The van der Waals surface area contributed by atoms with E-state index in [2.05, 4.69) is 24.5 Å². The van der Waals surface area contributed by atoms with Gasteiger partial charge in [0.25, 0.3) is 0 Å². The van der Waals surface area contributed by atoms with E-state index in [0.29, 0.717) is 5.92 Å². The number of hydrogen-bond acceptors (Lipinski definition) is 4.